The fourth-order valence-electron chi connectivity index (χ4n) is 1.96. The van der Waals surface area contributed by atoms with Crippen LogP contribution < -0.4 is 0 Å². The highest BCUT2D eigenvalue weighted by Gasteiger charge is 2.21. The van der Waals surface area contributed by atoms with Crippen LogP contribution in [0, 0.1) is 0 Å². The molecule has 0 aromatic heterocycles. The summed E-state index contributed by atoms with van der Waals surface area (Å²) in [5.41, 5.74) is 0.968. The normalized spacial score (nSPS) is 19.8. The molecule has 1 atom stereocenters. The maximum absolute atomic E-state index is 11.9. The van der Waals surface area contributed by atoms with Crippen LogP contribution in [0.2, 0.25) is 0 Å². The van der Waals surface area contributed by atoms with Crippen LogP contribution in [0.5, 0.6) is 0 Å². The van der Waals surface area contributed by atoms with Crippen LogP contribution in [0.4, 0.5) is 4.79 Å². The third-order valence-electron chi connectivity index (χ3n) is 3.10. The maximum atomic E-state index is 11.9. The molecule has 1 aliphatic heterocycles. The zero-order chi connectivity index (χ0) is 13.5. The van der Waals surface area contributed by atoms with E-state index in [0.29, 0.717) is 26.1 Å². The number of aliphatic hydroxyl groups is 1. The number of nitrogens with zero attached hydrogens (tertiary/aromatic N) is 1. The van der Waals surface area contributed by atoms with Crippen LogP contribution in [-0.2, 0) is 16.1 Å². The summed E-state index contributed by atoms with van der Waals surface area (Å²) in [6.07, 6.45) is 0.134. The lowest BCUT2D eigenvalue weighted by molar-refractivity contribution is 0.0207. The fraction of sp³-hybridized carbons (Fsp3) is 0.500. The van der Waals surface area contributed by atoms with Gasteiger partial charge in [0.2, 0.25) is 0 Å². The molecule has 2 rings (SSSR count). The lowest BCUT2D eigenvalue weighted by Crippen LogP contribution is -2.33. The molecular formula is C14H19NO4. The molecule has 1 aromatic carbocycles. The van der Waals surface area contributed by atoms with E-state index < -0.39 is 0 Å². The van der Waals surface area contributed by atoms with Gasteiger partial charge in [-0.1, -0.05) is 30.3 Å². The Kier molecular flexibility index (Phi) is 5.18. The molecule has 0 saturated carbocycles. The van der Waals surface area contributed by atoms with Gasteiger partial charge in [-0.2, -0.15) is 0 Å². The van der Waals surface area contributed by atoms with Crippen LogP contribution >= 0.6 is 0 Å². The standard InChI is InChI=1S/C14H19NO4/c16-10-13-6-7-15(8-9-18-13)14(17)19-11-12-4-2-1-3-5-12/h1-5,13,16H,6-11H2/t13-/m0/s1. The third-order valence-corrected chi connectivity index (χ3v) is 3.10. The molecule has 104 valence electrons. The number of carbonyl (C=O) groups is 1. The van der Waals surface area contributed by atoms with Gasteiger partial charge in [0.25, 0.3) is 0 Å². The lowest BCUT2D eigenvalue weighted by atomic mass is 10.2. The summed E-state index contributed by atoms with van der Waals surface area (Å²) in [6, 6.07) is 9.58. The van der Waals surface area contributed by atoms with E-state index in [0.717, 1.165) is 5.56 Å². The molecule has 1 fully saturated rings. The van der Waals surface area contributed by atoms with Crippen LogP contribution in [0.3, 0.4) is 0 Å². The topological polar surface area (TPSA) is 59.0 Å². The summed E-state index contributed by atoms with van der Waals surface area (Å²) < 4.78 is 10.7. The first-order valence-corrected chi connectivity index (χ1v) is 6.47. The SMILES string of the molecule is O=C(OCc1ccccc1)N1CCO[C@H](CO)CC1. The van der Waals surface area contributed by atoms with Gasteiger partial charge in [0, 0.05) is 13.1 Å². The molecule has 0 spiro atoms. The number of ether oxygens (including phenoxy) is 2. The number of hydrogen-bond donors (Lipinski definition) is 1. The van der Waals surface area contributed by atoms with E-state index in [9.17, 15) is 4.79 Å². The third kappa shape index (κ3) is 4.22. The van der Waals surface area contributed by atoms with Gasteiger partial charge < -0.3 is 19.5 Å². The zero-order valence-electron chi connectivity index (χ0n) is 10.8. The molecule has 1 heterocycles. The van der Waals surface area contributed by atoms with Gasteiger partial charge in [-0.3, -0.25) is 0 Å². The molecular weight excluding hydrogens is 246 g/mol. The largest absolute Gasteiger partial charge is 0.445 e. The average Bonchev–Trinajstić information content (AvgIpc) is 2.71. The van der Waals surface area contributed by atoms with Crippen molar-refractivity contribution < 1.29 is 19.4 Å². The van der Waals surface area contributed by atoms with Crippen molar-refractivity contribution in [2.75, 3.05) is 26.3 Å². The van der Waals surface area contributed by atoms with Crippen molar-refractivity contribution in [1.29, 1.82) is 0 Å². The van der Waals surface area contributed by atoms with E-state index in [4.69, 9.17) is 14.6 Å². The first-order chi connectivity index (χ1) is 9.29. The Labute approximate surface area is 112 Å². The van der Waals surface area contributed by atoms with Gasteiger partial charge in [0.1, 0.15) is 6.61 Å². The molecule has 0 unspecified atom stereocenters. The Balaban J connectivity index is 1.79. The van der Waals surface area contributed by atoms with Crippen LogP contribution in [0.25, 0.3) is 0 Å². The fourth-order valence-corrected chi connectivity index (χ4v) is 1.96. The van der Waals surface area contributed by atoms with E-state index in [1.807, 2.05) is 30.3 Å². The second-order valence-corrected chi connectivity index (χ2v) is 4.49. The summed E-state index contributed by atoms with van der Waals surface area (Å²) >= 11 is 0. The Hall–Kier alpha value is -1.59. The van der Waals surface area contributed by atoms with Crippen LogP contribution in [0.15, 0.2) is 30.3 Å². The van der Waals surface area contributed by atoms with E-state index in [1.165, 1.54) is 0 Å². The minimum atomic E-state index is -0.328. The summed E-state index contributed by atoms with van der Waals surface area (Å²) in [5, 5.41) is 9.03. The maximum Gasteiger partial charge on any atom is 0.410 e. The molecule has 5 heteroatoms. The van der Waals surface area contributed by atoms with Crippen molar-refractivity contribution >= 4 is 6.09 Å². The van der Waals surface area contributed by atoms with Crippen molar-refractivity contribution in [3.05, 3.63) is 35.9 Å². The molecule has 0 aliphatic carbocycles. The molecule has 1 N–H and O–H groups in total. The summed E-state index contributed by atoms with van der Waals surface area (Å²) in [4.78, 5) is 13.5. The number of hydrogen-bond acceptors (Lipinski definition) is 4. The van der Waals surface area contributed by atoms with Crippen molar-refractivity contribution in [1.82, 2.24) is 4.90 Å². The molecule has 19 heavy (non-hydrogen) atoms. The van der Waals surface area contributed by atoms with Gasteiger partial charge >= 0.3 is 6.09 Å². The van der Waals surface area contributed by atoms with E-state index >= 15 is 0 Å². The Bertz CT molecular complexity index is 396. The predicted octanol–water partition coefficient (Wildman–Crippen LogP) is 1.41. The van der Waals surface area contributed by atoms with E-state index in [-0.39, 0.29) is 25.4 Å². The molecule has 1 amide bonds. The first kappa shape index (κ1) is 13.8. The zero-order valence-corrected chi connectivity index (χ0v) is 10.8. The number of aliphatic hydroxyl groups excluding tert-OH is 1. The number of carbonyl (C=O) groups excluding carboxylic acids is 1. The van der Waals surface area contributed by atoms with Gasteiger partial charge in [0.05, 0.1) is 19.3 Å². The number of amides is 1. The van der Waals surface area contributed by atoms with Gasteiger partial charge in [-0.05, 0) is 12.0 Å². The molecule has 1 saturated heterocycles. The van der Waals surface area contributed by atoms with E-state index in [2.05, 4.69) is 0 Å². The highest BCUT2D eigenvalue weighted by molar-refractivity contribution is 5.67. The quantitative estimate of drug-likeness (QED) is 0.897. The van der Waals surface area contributed by atoms with Crippen molar-refractivity contribution in [3.8, 4) is 0 Å². The summed E-state index contributed by atoms with van der Waals surface area (Å²) in [7, 11) is 0. The monoisotopic (exact) mass is 265 g/mol. The Morgan fingerprint density at radius 2 is 2.16 bits per heavy atom. The Morgan fingerprint density at radius 1 is 1.37 bits per heavy atom. The minimum absolute atomic E-state index is 0.00704. The second-order valence-electron chi connectivity index (χ2n) is 4.49. The first-order valence-electron chi connectivity index (χ1n) is 6.47. The van der Waals surface area contributed by atoms with E-state index in [1.54, 1.807) is 4.90 Å². The average molecular weight is 265 g/mol. The van der Waals surface area contributed by atoms with Gasteiger partial charge in [0.15, 0.2) is 0 Å². The molecule has 1 aromatic rings. The van der Waals surface area contributed by atoms with Crippen molar-refractivity contribution in [2.24, 2.45) is 0 Å². The highest BCUT2D eigenvalue weighted by atomic mass is 16.6. The Morgan fingerprint density at radius 3 is 2.89 bits per heavy atom. The summed E-state index contributed by atoms with van der Waals surface area (Å²) in [5.74, 6) is 0. The van der Waals surface area contributed by atoms with Crippen molar-refractivity contribution in [2.45, 2.75) is 19.1 Å². The van der Waals surface area contributed by atoms with Crippen molar-refractivity contribution in [3.63, 3.8) is 0 Å². The smallest absolute Gasteiger partial charge is 0.410 e. The molecule has 0 radical (unpaired) electrons. The summed E-state index contributed by atoms with van der Waals surface area (Å²) in [6.45, 7) is 1.77. The van der Waals surface area contributed by atoms with Gasteiger partial charge in [-0.15, -0.1) is 0 Å². The molecule has 5 nitrogen and oxygen atoms in total. The number of rotatable bonds is 3. The number of benzene rings is 1. The predicted molar refractivity (Wildman–Crippen MR) is 69.6 cm³/mol. The molecule has 0 bridgehead atoms. The lowest BCUT2D eigenvalue weighted by Gasteiger charge is -2.19. The van der Waals surface area contributed by atoms with Gasteiger partial charge in [-0.25, -0.2) is 4.79 Å². The van der Waals surface area contributed by atoms with Crippen LogP contribution in [0.1, 0.15) is 12.0 Å². The van der Waals surface area contributed by atoms with Crippen LogP contribution in [-0.4, -0.2) is 48.5 Å². The molecule has 1 aliphatic rings. The highest BCUT2D eigenvalue weighted by Crippen LogP contribution is 2.09. The second kappa shape index (κ2) is 7.11. The minimum Gasteiger partial charge on any atom is -0.445 e.